The first-order valence-electron chi connectivity index (χ1n) is 6.76. The largest absolute Gasteiger partial charge is 0.461 e. The van der Waals surface area contributed by atoms with Crippen LogP contribution in [0.2, 0.25) is 5.02 Å². The summed E-state index contributed by atoms with van der Waals surface area (Å²) >= 11 is 5.88. The van der Waals surface area contributed by atoms with Gasteiger partial charge in [0.25, 0.3) is 0 Å². The molecule has 19 heavy (non-hydrogen) atoms. The highest BCUT2D eigenvalue weighted by Crippen LogP contribution is 2.29. The van der Waals surface area contributed by atoms with Crippen molar-refractivity contribution in [3.05, 3.63) is 34.9 Å². The molecule has 0 aromatic heterocycles. The molecule has 1 aromatic rings. The number of hydrogen-bond donors (Lipinski definition) is 1. The van der Waals surface area contributed by atoms with Crippen LogP contribution in [0, 0.1) is 0 Å². The van der Waals surface area contributed by atoms with Gasteiger partial charge in [0, 0.05) is 10.6 Å². The average Bonchev–Trinajstić information content (AvgIpc) is 2.37. The molecule has 1 aromatic carbocycles. The number of ether oxygens (including phenoxy) is 1. The summed E-state index contributed by atoms with van der Waals surface area (Å²) in [6.45, 7) is 0.259. The Kier molecular flexibility index (Phi) is 4.83. The maximum Gasteiger partial charge on any atom is 0.307 e. The molecule has 2 N–H and O–H groups in total. The van der Waals surface area contributed by atoms with E-state index >= 15 is 0 Å². The number of esters is 1. The summed E-state index contributed by atoms with van der Waals surface area (Å²) in [6, 6.07) is 7.33. The molecular weight excluding hydrogens is 262 g/mol. The summed E-state index contributed by atoms with van der Waals surface area (Å²) in [5, 5.41) is 0.649. The fraction of sp³-hybridized carbons (Fsp3) is 0.533. The van der Waals surface area contributed by atoms with Crippen molar-refractivity contribution in [3.8, 4) is 0 Å². The molecule has 4 heteroatoms. The lowest BCUT2D eigenvalue weighted by atomic mass is 9.80. The maximum absolute atomic E-state index is 11.8. The maximum atomic E-state index is 11.8. The van der Waals surface area contributed by atoms with Crippen LogP contribution >= 0.6 is 11.6 Å². The molecule has 0 bridgehead atoms. The smallest absolute Gasteiger partial charge is 0.307 e. The predicted octanol–water partition coefficient (Wildman–Crippen LogP) is 3.43. The summed E-state index contributed by atoms with van der Waals surface area (Å²) < 4.78 is 5.27. The first-order valence-corrected chi connectivity index (χ1v) is 7.14. The molecule has 1 aliphatic carbocycles. The van der Waals surface area contributed by atoms with E-state index in [2.05, 4.69) is 0 Å². The van der Waals surface area contributed by atoms with Crippen LogP contribution in [0.1, 0.15) is 44.1 Å². The van der Waals surface area contributed by atoms with Crippen LogP contribution in [0.15, 0.2) is 24.3 Å². The van der Waals surface area contributed by atoms with Crippen LogP contribution in [0.5, 0.6) is 0 Å². The summed E-state index contributed by atoms with van der Waals surface area (Å²) in [6.07, 6.45) is 5.58. The zero-order valence-electron chi connectivity index (χ0n) is 11.0. The van der Waals surface area contributed by atoms with Gasteiger partial charge >= 0.3 is 5.97 Å². The van der Waals surface area contributed by atoms with Crippen molar-refractivity contribution < 1.29 is 9.53 Å². The van der Waals surface area contributed by atoms with Gasteiger partial charge in [0.1, 0.15) is 6.61 Å². The highest BCUT2D eigenvalue weighted by Gasteiger charge is 2.30. The van der Waals surface area contributed by atoms with E-state index in [1.54, 1.807) is 12.1 Å². The highest BCUT2D eigenvalue weighted by atomic mass is 35.5. The third-order valence-electron chi connectivity index (χ3n) is 3.63. The average molecular weight is 282 g/mol. The van der Waals surface area contributed by atoms with Crippen LogP contribution in [0.3, 0.4) is 0 Å². The molecule has 104 valence electrons. The van der Waals surface area contributed by atoms with E-state index in [9.17, 15) is 4.79 Å². The lowest BCUT2D eigenvalue weighted by molar-refractivity contribution is -0.146. The monoisotopic (exact) mass is 281 g/mol. The van der Waals surface area contributed by atoms with Crippen molar-refractivity contribution in [3.63, 3.8) is 0 Å². The van der Waals surface area contributed by atoms with Gasteiger partial charge in [-0.2, -0.15) is 0 Å². The Morgan fingerprint density at radius 2 is 2.05 bits per heavy atom. The molecule has 1 fully saturated rings. The molecule has 0 saturated heterocycles. The Balaban J connectivity index is 1.81. The standard InChI is InChI=1S/C15H20ClNO2/c16-13-6-4-5-12(9-13)11-19-14(18)10-15(17)7-2-1-3-8-15/h4-6,9H,1-3,7-8,10-11,17H2. The zero-order valence-corrected chi connectivity index (χ0v) is 11.8. The van der Waals surface area contributed by atoms with Crippen LogP contribution in [0.25, 0.3) is 0 Å². The number of hydrogen-bond acceptors (Lipinski definition) is 3. The van der Waals surface area contributed by atoms with E-state index in [1.807, 2.05) is 12.1 Å². The van der Waals surface area contributed by atoms with E-state index < -0.39 is 0 Å². The minimum atomic E-state index is -0.357. The molecule has 2 rings (SSSR count). The summed E-state index contributed by atoms with van der Waals surface area (Å²) in [5.74, 6) is -0.218. The van der Waals surface area contributed by atoms with Crippen LogP contribution in [-0.4, -0.2) is 11.5 Å². The van der Waals surface area contributed by atoms with Crippen LogP contribution in [-0.2, 0) is 16.1 Å². The second-order valence-electron chi connectivity index (χ2n) is 5.39. The zero-order chi connectivity index (χ0) is 13.7. The van der Waals surface area contributed by atoms with Crippen molar-refractivity contribution in [2.75, 3.05) is 0 Å². The van der Waals surface area contributed by atoms with Gasteiger partial charge in [-0.1, -0.05) is 43.0 Å². The van der Waals surface area contributed by atoms with Crippen molar-refractivity contribution in [2.24, 2.45) is 5.73 Å². The normalized spacial score (nSPS) is 18.0. The number of nitrogens with two attached hydrogens (primary N) is 1. The van der Waals surface area contributed by atoms with Crippen molar-refractivity contribution in [1.29, 1.82) is 0 Å². The van der Waals surface area contributed by atoms with Crippen LogP contribution in [0.4, 0.5) is 0 Å². The molecular formula is C15H20ClNO2. The Hall–Kier alpha value is -1.06. The van der Waals surface area contributed by atoms with Gasteiger partial charge in [-0.3, -0.25) is 4.79 Å². The topological polar surface area (TPSA) is 52.3 Å². The molecule has 0 radical (unpaired) electrons. The molecule has 0 heterocycles. The summed E-state index contributed by atoms with van der Waals surface area (Å²) in [7, 11) is 0. The van der Waals surface area contributed by atoms with Gasteiger partial charge < -0.3 is 10.5 Å². The molecule has 0 atom stereocenters. The molecule has 3 nitrogen and oxygen atoms in total. The third kappa shape index (κ3) is 4.51. The number of rotatable bonds is 4. The second-order valence-corrected chi connectivity index (χ2v) is 5.83. The van der Waals surface area contributed by atoms with E-state index in [0.717, 1.165) is 31.2 Å². The van der Waals surface area contributed by atoms with Gasteiger partial charge in [-0.25, -0.2) is 0 Å². The first-order chi connectivity index (χ1) is 9.07. The van der Waals surface area contributed by atoms with E-state index in [4.69, 9.17) is 22.1 Å². The number of benzene rings is 1. The first kappa shape index (κ1) is 14.4. The second kappa shape index (κ2) is 6.40. The van der Waals surface area contributed by atoms with Gasteiger partial charge in [-0.05, 0) is 30.5 Å². The molecule has 0 amide bonds. The molecule has 1 saturated carbocycles. The quantitative estimate of drug-likeness (QED) is 0.860. The van der Waals surface area contributed by atoms with E-state index in [-0.39, 0.29) is 18.1 Å². The Bertz CT molecular complexity index is 442. The minimum absolute atomic E-state index is 0.218. The van der Waals surface area contributed by atoms with Crippen molar-refractivity contribution in [1.82, 2.24) is 0 Å². The molecule has 0 spiro atoms. The SMILES string of the molecule is NC1(CC(=O)OCc2cccc(Cl)c2)CCCCC1. The molecule has 0 unspecified atom stereocenters. The number of halogens is 1. The van der Waals surface area contributed by atoms with E-state index in [1.165, 1.54) is 6.42 Å². The van der Waals surface area contributed by atoms with Crippen molar-refractivity contribution >= 4 is 17.6 Å². The van der Waals surface area contributed by atoms with Gasteiger partial charge in [-0.15, -0.1) is 0 Å². The lowest BCUT2D eigenvalue weighted by Gasteiger charge is -2.32. The van der Waals surface area contributed by atoms with Gasteiger partial charge in [0.2, 0.25) is 0 Å². The number of carbonyl (C=O) groups is 1. The van der Waals surface area contributed by atoms with Gasteiger partial charge in [0.15, 0.2) is 0 Å². The van der Waals surface area contributed by atoms with E-state index in [0.29, 0.717) is 11.4 Å². The lowest BCUT2D eigenvalue weighted by Crippen LogP contribution is -2.43. The molecule has 0 aliphatic heterocycles. The minimum Gasteiger partial charge on any atom is -0.461 e. The number of carbonyl (C=O) groups excluding carboxylic acids is 1. The predicted molar refractivity (Wildman–Crippen MR) is 75.9 cm³/mol. The summed E-state index contributed by atoms with van der Waals surface area (Å²) in [4.78, 5) is 11.8. The van der Waals surface area contributed by atoms with Gasteiger partial charge in [0.05, 0.1) is 6.42 Å². The highest BCUT2D eigenvalue weighted by molar-refractivity contribution is 6.30. The Morgan fingerprint density at radius 1 is 1.32 bits per heavy atom. The molecule has 1 aliphatic rings. The third-order valence-corrected chi connectivity index (χ3v) is 3.87. The Labute approximate surface area is 119 Å². The fourth-order valence-electron chi connectivity index (χ4n) is 2.56. The van der Waals surface area contributed by atoms with Crippen molar-refractivity contribution in [2.45, 2.75) is 50.7 Å². The summed E-state index contributed by atoms with van der Waals surface area (Å²) in [5.41, 5.74) is 6.77. The van der Waals surface area contributed by atoms with Crippen LogP contribution < -0.4 is 5.73 Å². The Morgan fingerprint density at radius 3 is 2.74 bits per heavy atom. The fourth-order valence-corrected chi connectivity index (χ4v) is 2.77.